The Morgan fingerprint density at radius 3 is 2.50 bits per heavy atom. The monoisotopic (exact) mass is 273 g/mol. The van der Waals surface area contributed by atoms with Crippen LogP contribution in [-0.2, 0) is 21.7 Å². The van der Waals surface area contributed by atoms with Crippen LogP contribution in [0.1, 0.15) is 44.7 Å². The van der Waals surface area contributed by atoms with Crippen molar-refractivity contribution in [2.24, 2.45) is 5.41 Å². The summed E-state index contributed by atoms with van der Waals surface area (Å²) in [5.74, 6) is 0.249. The molecule has 0 atom stereocenters. The van der Waals surface area contributed by atoms with Gasteiger partial charge in [-0.3, -0.25) is 4.79 Å². The standard InChI is InChI=1S/C17H23NO2/c1-16(2,3)15(19)18-10-8-17(9-11-18)14-7-5-4-6-13(14)12-20-17/h4-7H,8-12H2,1-3H3. The second-order valence-electron chi connectivity index (χ2n) is 6.98. The lowest BCUT2D eigenvalue weighted by atomic mass is 9.83. The maximum absolute atomic E-state index is 12.4. The summed E-state index contributed by atoms with van der Waals surface area (Å²) in [5.41, 5.74) is 2.20. The molecule has 1 spiro atoms. The Bertz CT molecular complexity index is 522. The molecule has 1 amide bonds. The van der Waals surface area contributed by atoms with Crippen LogP contribution in [0.4, 0.5) is 0 Å². The van der Waals surface area contributed by atoms with E-state index in [1.165, 1.54) is 11.1 Å². The first-order valence-electron chi connectivity index (χ1n) is 7.44. The lowest BCUT2D eigenvalue weighted by Crippen LogP contribution is -2.48. The average Bonchev–Trinajstić information content (AvgIpc) is 2.78. The van der Waals surface area contributed by atoms with Gasteiger partial charge < -0.3 is 9.64 Å². The zero-order valence-electron chi connectivity index (χ0n) is 12.6. The number of rotatable bonds is 0. The first-order valence-corrected chi connectivity index (χ1v) is 7.44. The molecule has 0 N–H and O–H groups in total. The Balaban J connectivity index is 1.76. The van der Waals surface area contributed by atoms with Crippen LogP contribution in [0.25, 0.3) is 0 Å². The van der Waals surface area contributed by atoms with Crippen molar-refractivity contribution in [1.82, 2.24) is 4.90 Å². The minimum Gasteiger partial charge on any atom is -0.365 e. The normalized spacial score (nSPS) is 21.1. The summed E-state index contributed by atoms with van der Waals surface area (Å²) in [6.07, 6.45) is 1.82. The number of hydrogen-bond acceptors (Lipinski definition) is 2. The SMILES string of the molecule is CC(C)(C)C(=O)N1CCC2(CC1)OCc1ccccc12. The molecule has 0 aliphatic carbocycles. The van der Waals surface area contributed by atoms with Crippen LogP contribution in [-0.4, -0.2) is 23.9 Å². The predicted octanol–water partition coefficient (Wildman–Crippen LogP) is 3.08. The lowest BCUT2D eigenvalue weighted by molar-refractivity contribution is -0.146. The zero-order valence-corrected chi connectivity index (χ0v) is 12.6. The van der Waals surface area contributed by atoms with Crippen molar-refractivity contribution in [2.45, 2.75) is 45.8 Å². The van der Waals surface area contributed by atoms with Crippen molar-refractivity contribution in [1.29, 1.82) is 0 Å². The minimum atomic E-state index is -0.293. The molecule has 1 aromatic rings. The van der Waals surface area contributed by atoms with Crippen LogP contribution in [0.15, 0.2) is 24.3 Å². The quantitative estimate of drug-likeness (QED) is 0.727. The summed E-state index contributed by atoms with van der Waals surface area (Å²) in [6.45, 7) is 8.27. The number of carbonyl (C=O) groups is 1. The first-order chi connectivity index (χ1) is 9.42. The van der Waals surface area contributed by atoms with E-state index in [2.05, 4.69) is 24.3 Å². The van der Waals surface area contributed by atoms with E-state index in [1.807, 2.05) is 25.7 Å². The topological polar surface area (TPSA) is 29.5 Å². The molecule has 2 aliphatic rings. The summed E-state index contributed by atoms with van der Waals surface area (Å²) in [6, 6.07) is 8.49. The van der Waals surface area contributed by atoms with Gasteiger partial charge in [0, 0.05) is 18.5 Å². The Morgan fingerprint density at radius 1 is 1.20 bits per heavy atom. The van der Waals surface area contributed by atoms with Gasteiger partial charge in [0.15, 0.2) is 0 Å². The molecule has 108 valence electrons. The number of benzene rings is 1. The van der Waals surface area contributed by atoms with Crippen LogP contribution in [0, 0.1) is 5.41 Å². The largest absolute Gasteiger partial charge is 0.365 e. The molecule has 1 aromatic carbocycles. The van der Waals surface area contributed by atoms with Gasteiger partial charge in [-0.05, 0) is 24.0 Å². The third kappa shape index (κ3) is 2.14. The highest BCUT2D eigenvalue weighted by Crippen LogP contribution is 2.44. The average molecular weight is 273 g/mol. The molecule has 2 aliphatic heterocycles. The van der Waals surface area contributed by atoms with Crippen molar-refractivity contribution in [3.8, 4) is 0 Å². The Kier molecular flexibility index (Phi) is 3.13. The van der Waals surface area contributed by atoms with Gasteiger partial charge in [0.05, 0.1) is 12.2 Å². The Hall–Kier alpha value is -1.35. The summed E-state index contributed by atoms with van der Waals surface area (Å²) >= 11 is 0. The summed E-state index contributed by atoms with van der Waals surface area (Å²) in [5, 5.41) is 0. The van der Waals surface area contributed by atoms with Gasteiger partial charge in [0.25, 0.3) is 0 Å². The number of hydrogen-bond donors (Lipinski definition) is 0. The fourth-order valence-electron chi connectivity index (χ4n) is 3.34. The zero-order chi connectivity index (χ0) is 14.4. The van der Waals surface area contributed by atoms with E-state index in [1.54, 1.807) is 0 Å². The number of fused-ring (bicyclic) bond motifs is 2. The number of nitrogens with zero attached hydrogens (tertiary/aromatic N) is 1. The van der Waals surface area contributed by atoms with E-state index in [4.69, 9.17) is 4.74 Å². The van der Waals surface area contributed by atoms with E-state index in [0.717, 1.165) is 25.9 Å². The van der Waals surface area contributed by atoms with Crippen LogP contribution < -0.4 is 0 Å². The van der Waals surface area contributed by atoms with Crippen LogP contribution >= 0.6 is 0 Å². The number of likely N-dealkylation sites (tertiary alicyclic amines) is 1. The highest BCUT2D eigenvalue weighted by molar-refractivity contribution is 5.81. The summed E-state index contributed by atoms with van der Waals surface area (Å²) in [4.78, 5) is 14.3. The summed E-state index contributed by atoms with van der Waals surface area (Å²) in [7, 11) is 0. The maximum atomic E-state index is 12.4. The van der Waals surface area contributed by atoms with Gasteiger partial charge in [-0.1, -0.05) is 45.0 Å². The second kappa shape index (κ2) is 4.59. The van der Waals surface area contributed by atoms with Crippen LogP contribution in [0.5, 0.6) is 0 Å². The fraction of sp³-hybridized carbons (Fsp3) is 0.588. The number of carbonyl (C=O) groups excluding carboxylic acids is 1. The fourth-order valence-corrected chi connectivity index (χ4v) is 3.34. The molecule has 20 heavy (non-hydrogen) atoms. The van der Waals surface area contributed by atoms with Crippen molar-refractivity contribution in [2.75, 3.05) is 13.1 Å². The van der Waals surface area contributed by atoms with Gasteiger partial charge in [-0.25, -0.2) is 0 Å². The van der Waals surface area contributed by atoms with Gasteiger partial charge in [-0.15, -0.1) is 0 Å². The van der Waals surface area contributed by atoms with Crippen molar-refractivity contribution >= 4 is 5.91 Å². The molecule has 3 heteroatoms. The molecular weight excluding hydrogens is 250 g/mol. The van der Waals surface area contributed by atoms with Crippen LogP contribution in [0.2, 0.25) is 0 Å². The molecule has 0 bridgehead atoms. The molecule has 2 heterocycles. The van der Waals surface area contributed by atoms with E-state index in [9.17, 15) is 4.79 Å². The van der Waals surface area contributed by atoms with E-state index in [0.29, 0.717) is 6.61 Å². The molecule has 0 unspecified atom stereocenters. The van der Waals surface area contributed by atoms with E-state index < -0.39 is 0 Å². The van der Waals surface area contributed by atoms with Crippen molar-refractivity contribution in [3.05, 3.63) is 35.4 Å². The van der Waals surface area contributed by atoms with Gasteiger partial charge in [0.1, 0.15) is 0 Å². The second-order valence-corrected chi connectivity index (χ2v) is 6.98. The van der Waals surface area contributed by atoms with Crippen molar-refractivity contribution in [3.63, 3.8) is 0 Å². The molecule has 0 radical (unpaired) electrons. The smallest absolute Gasteiger partial charge is 0.227 e. The third-order valence-corrected chi connectivity index (χ3v) is 4.51. The highest BCUT2D eigenvalue weighted by atomic mass is 16.5. The van der Waals surface area contributed by atoms with E-state index >= 15 is 0 Å². The number of ether oxygens (including phenoxy) is 1. The van der Waals surface area contributed by atoms with Gasteiger partial charge >= 0.3 is 0 Å². The van der Waals surface area contributed by atoms with Crippen molar-refractivity contribution < 1.29 is 9.53 Å². The Labute approximate surface area is 120 Å². The predicted molar refractivity (Wildman–Crippen MR) is 78.2 cm³/mol. The molecular formula is C17H23NO2. The molecule has 3 nitrogen and oxygen atoms in total. The molecule has 0 aromatic heterocycles. The number of piperidine rings is 1. The third-order valence-electron chi connectivity index (χ3n) is 4.51. The molecule has 1 fully saturated rings. The first kappa shape index (κ1) is 13.6. The Morgan fingerprint density at radius 2 is 1.85 bits per heavy atom. The molecule has 1 saturated heterocycles. The number of amides is 1. The minimum absolute atomic E-state index is 0.148. The highest BCUT2D eigenvalue weighted by Gasteiger charge is 2.44. The molecule has 0 saturated carbocycles. The van der Waals surface area contributed by atoms with E-state index in [-0.39, 0.29) is 16.9 Å². The summed E-state index contributed by atoms with van der Waals surface area (Å²) < 4.78 is 6.13. The van der Waals surface area contributed by atoms with Crippen LogP contribution in [0.3, 0.4) is 0 Å². The lowest BCUT2D eigenvalue weighted by Gasteiger charge is -2.41. The van der Waals surface area contributed by atoms with Gasteiger partial charge in [-0.2, -0.15) is 0 Å². The molecule has 3 rings (SSSR count). The maximum Gasteiger partial charge on any atom is 0.227 e. The van der Waals surface area contributed by atoms with Gasteiger partial charge in [0.2, 0.25) is 5.91 Å².